The number of nitrogens with zero attached hydrogens (tertiary/aromatic N) is 6. The summed E-state index contributed by atoms with van der Waals surface area (Å²) in [6.45, 7) is 9.47. The van der Waals surface area contributed by atoms with Gasteiger partial charge in [-0.1, -0.05) is 19.9 Å². The van der Waals surface area contributed by atoms with Gasteiger partial charge in [-0.05, 0) is 47.5 Å². The molecule has 154 valence electrons. The standard InChI is InChI=1S/C20H32N6O2/c1-15(2)19(25-12-10-24(3)11-13-25)20-21-22-23-26(20)9-8-16-6-7-17(27-4)18(14-16)28-5/h6-7,14-15,19H,8-13H2,1-5H3. The molecular weight excluding hydrogens is 356 g/mol. The van der Waals surface area contributed by atoms with E-state index in [1.807, 2.05) is 16.8 Å². The van der Waals surface area contributed by atoms with Crippen molar-refractivity contribution in [3.05, 3.63) is 29.6 Å². The van der Waals surface area contributed by atoms with E-state index >= 15 is 0 Å². The normalized spacial score (nSPS) is 17.1. The molecule has 0 bridgehead atoms. The molecule has 8 nitrogen and oxygen atoms in total. The van der Waals surface area contributed by atoms with E-state index < -0.39 is 0 Å². The van der Waals surface area contributed by atoms with Crippen molar-refractivity contribution in [2.45, 2.75) is 32.9 Å². The van der Waals surface area contributed by atoms with Gasteiger partial charge in [-0.2, -0.15) is 0 Å². The Bertz CT molecular complexity index is 755. The summed E-state index contributed by atoms with van der Waals surface area (Å²) in [5.41, 5.74) is 1.17. The minimum absolute atomic E-state index is 0.231. The van der Waals surface area contributed by atoms with E-state index in [-0.39, 0.29) is 6.04 Å². The number of hydrogen-bond donors (Lipinski definition) is 0. The van der Waals surface area contributed by atoms with Crippen molar-refractivity contribution >= 4 is 0 Å². The van der Waals surface area contributed by atoms with Crippen molar-refractivity contribution in [1.82, 2.24) is 30.0 Å². The number of benzene rings is 1. The molecule has 0 N–H and O–H groups in total. The number of aryl methyl sites for hydroxylation is 2. The first-order valence-electron chi connectivity index (χ1n) is 9.93. The quantitative estimate of drug-likeness (QED) is 0.684. The van der Waals surface area contributed by atoms with Crippen LogP contribution in [0.5, 0.6) is 11.5 Å². The van der Waals surface area contributed by atoms with Crippen LogP contribution in [0.15, 0.2) is 18.2 Å². The van der Waals surface area contributed by atoms with Crippen molar-refractivity contribution in [3.63, 3.8) is 0 Å². The van der Waals surface area contributed by atoms with E-state index in [1.165, 1.54) is 5.56 Å². The fraction of sp³-hybridized carbons (Fsp3) is 0.650. The van der Waals surface area contributed by atoms with Gasteiger partial charge in [0.2, 0.25) is 0 Å². The Morgan fingerprint density at radius 2 is 1.75 bits per heavy atom. The third-order valence-electron chi connectivity index (χ3n) is 5.45. The summed E-state index contributed by atoms with van der Waals surface area (Å²) in [7, 11) is 5.48. The van der Waals surface area contributed by atoms with Gasteiger partial charge in [0.05, 0.1) is 20.3 Å². The van der Waals surface area contributed by atoms with Crippen LogP contribution in [0.3, 0.4) is 0 Å². The third-order valence-corrected chi connectivity index (χ3v) is 5.45. The van der Waals surface area contributed by atoms with Crippen molar-refractivity contribution in [3.8, 4) is 11.5 Å². The fourth-order valence-electron chi connectivity index (χ4n) is 3.84. The van der Waals surface area contributed by atoms with Crippen LogP contribution in [0, 0.1) is 5.92 Å². The highest BCUT2D eigenvalue weighted by Gasteiger charge is 2.30. The Hall–Kier alpha value is -2.19. The van der Waals surface area contributed by atoms with Gasteiger partial charge in [0.25, 0.3) is 0 Å². The van der Waals surface area contributed by atoms with E-state index in [0.717, 1.165) is 56.5 Å². The average Bonchev–Trinajstić information content (AvgIpc) is 3.15. The highest BCUT2D eigenvalue weighted by Crippen LogP contribution is 2.29. The number of likely N-dealkylation sites (N-methyl/N-ethyl adjacent to an activating group) is 1. The largest absolute Gasteiger partial charge is 0.493 e. The molecule has 28 heavy (non-hydrogen) atoms. The van der Waals surface area contributed by atoms with Gasteiger partial charge in [0.1, 0.15) is 0 Å². The molecule has 1 saturated heterocycles. The zero-order valence-corrected chi connectivity index (χ0v) is 17.6. The minimum atomic E-state index is 0.231. The maximum absolute atomic E-state index is 5.41. The van der Waals surface area contributed by atoms with Gasteiger partial charge >= 0.3 is 0 Å². The lowest BCUT2D eigenvalue weighted by atomic mass is 10.0. The van der Waals surface area contributed by atoms with Gasteiger partial charge < -0.3 is 14.4 Å². The molecule has 1 aliphatic heterocycles. The monoisotopic (exact) mass is 388 g/mol. The molecule has 1 fully saturated rings. The Morgan fingerprint density at radius 3 is 2.39 bits per heavy atom. The van der Waals surface area contributed by atoms with E-state index in [9.17, 15) is 0 Å². The average molecular weight is 389 g/mol. The van der Waals surface area contributed by atoms with Crippen LogP contribution in [0.1, 0.15) is 31.3 Å². The molecule has 0 radical (unpaired) electrons. The Morgan fingerprint density at radius 1 is 1.04 bits per heavy atom. The van der Waals surface area contributed by atoms with Crippen molar-refractivity contribution in [2.75, 3.05) is 47.4 Å². The molecule has 0 saturated carbocycles. The summed E-state index contributed by atoms with van der Waals surface area (Å²) in [4.78, 5) is 4.89. The molecule has 1 aromatic heterocycles. The van der Waals surface area contributed by atoms with E-state index in [0.29, 0.717) is 5.92 Å². The first-order chi connectivity index (χ1) is 13.5. The van der Waals surface area contributed by atoms with Crippen molar-refractivity contribution in [2.24, 2.45) is 5.92 Å². The molecule has 3 rings (SSSR count). The molecule has 2 aromatic rings. The summed E-state index contributed by atoms with van der Waals surface area (Å²) in [6.07, 6.45) is 0.825. The predicted molar refractivity (Wildman–Crippen MR) is 108 cm³/mol. The lowest BCUT2D eigenvalue weighted by Crippen LogP contribution is -2.47. The topological polar surface area (TPSA) is 68.5 Å². The summed E-state index contributed by atoms with van der Waals surface area (Å²) in [6, 6.07) is 6.25. The Kier molecular flexibility index (Phi) is 6.85. The highest BCUT2D eigenvalue weighted by atomic mass is 16.5. The highest BCUT2D eigenvalue weighted by molar-refractivity contribution is 5.42. The molecule has 1 aliphatic rings. The third kappa shape index (κ3) is 4.62. The number of rotatable bonds is 8. The van der Waals surface area contributed by atoms with Crippen molar-refractivity contribution < 1.29 is 9.47 Å². The molecule has 2 heterocycles. The van der Waals surface area contributed by atoms with E-state index in [1.54, 1.807) is 14.2 Å². The summed E-state index contributed by atoms with van der Waals surface area (Å²) < 4.78 is 12.7. The molecule has 8 heteroatoms. The van der Waals surface area contributed by atoms with Crippen molar-refractivity contribution in [1.29, 1.82) is 0 Å². The zero-order chi connectivity index (χ0) is 20.1. The lowest BCUT2D eigenvalue weighted by molar-refractivity contribution is 0.0809. The molecule has 0 amide bonds. The van der Waals surface area contributed by atoms with Gasteiger partial charge in [-0.15, -0.1) is 5.10 Å². The van der Waals surface area contributed by atoms with Crippen LogP contribution in [0.2, 0.25) is 0 Å². The number of hydrogen-bond acceptors (Lipinski definition) is 7. The maximum Gasteiger partial charge on any atom is 0.168 e. The molecule has 1 atom stereocenters. The second kappa shape index (κ2) is 9.34. The number of tetrazole rings is 1. The summed E-state index contributed by atoms with van der Waals surface area (Å²) in [5, 5.41) is 12.7. The van der Waals surface area contributed by atoms with Crippen LogP contribution < -0.4 is 9.47 Å². The van der Waals surface area contributed by atoms with Gasteiger partial charge in [0.15, 0.2) is 17.3 Å². The van der Waals surface area contributed by atoms with Crippen LogP contribution in [0.4, 0.5) is 0 Å². The van der Waals surface area contributed by atoms with Gasteiger partial charge in [-0.25, -0.2) is 4.68 Å². The van der Waals surface area contributed by atoms with Crippen LogP contribution >= 0.6 is 0 Å². The van der Waals surface area contributed by atoms with E-state index in [4.69, 9.17) is 9.47 Å². The molecule has 0 spiro atoms. The molecular formula is C20H32N6O2. The van der Waals surface area contributed by atoms with Crippen LogP contribution in [-0.2, 0) is 13.0 Å². The van der Waals surface area contributed by atoms with E-state index in [2.05, 4.69) is 52.3 Å². The zero-order valence-electron chi connectivity index (χ0n) is 17.6. The van der Waals surface area contributed by atoms with Crippen LogP contribution in [-0.4, -0.2) is 77.5 Å². The van der Waals surface area contributed by atoms with Crippen LogP contribution in [0.25, 0.3) is 0 Å². The molecule has 1 unspecified atom stereocenters. The number of piperazine rings is 1. The number of aromatic nitrogens is 4. The molecule has 0 aliphatic carbocycles. The first-order valence-corrected chi connectivity index (χ1v) is 9.93. The number of methoxy groups -OCH3 is 2. The molecule has 1 aromatic carbocycles. The summed E-state index contributed by atoms with van der Waals surface area (Å²) >= 11 is 0. The Balaban J connectivity index is 1.73. The number of ether oxygens (including phenoxy) is 2. The minimum Gasteiger partial charge on any atom is -0.493 e. The second-order valence-electron chi connectivity index (χ2n) is 7.73. The van der Waals surface area contributed by atoms with Gasteiger partial charge in [0, 0.05) is 32.7 Å². The predicted octanol–water partition coefficient (Wildman–Crippen LogP) is 1.88. The SMILES string of the molecule is COc1ccc(CCn2nnnc2C(C(C)C)N2CCN(C)CC2)cc1OC. The Labute approximate surface area is 167 Å². The second-order valence-corrected chi connectivity index (χ2v) is 7.73. The fourth-order valence-corrected chi connectivity index (χ4v) is 3.84. The maximum atomic E-state index is 5.41. The summed E-state index contributed by atoms with van der Waals surface area (Å²) in [5.74, 6) is 2.88. The lowest BCUT2D eigenvalue weighted by Gasteiger charge is -2.39. The smallest absolute Gasteiger partial charge is 0.168 e. The van der Waals surface area contributed by atoms with Gasteiger partial charge in [-0.3, -0.25) is 4.90 Å². The first kappa shape index (κ1) is 20.5.